The van der Waals surface area contributed by atoms with Crippen molar-refractivity contribution >= 4 is 5.69 Å². The zero-order valence-electron chi connectivity index (χ0n) is 12.3. The van der Waals surface area contributed by atoms with E-state index in [1.165, 1.54) is 5.56 Å². The van der Waals surface area contributed by atoms with E-state index in [4.69, 9.17) is 0 Å². The Morgan fingerprint density at radius 1 is 1.00 bits per heavy atom. The van der Waals surface area contributed by atoms with Crippen molar-refractivity contribution in [3.63, 3.8) is 0 Å². The third kappa shape index (κ3) is 3.75. The zero-order chi connectivity index (χ0) is 14.6. The van der Waals surface area contributed by atoms with Gasteiger partial charge in [0.1, 0.15) is 5.75 Å². The molecule has 106 valence electrons. The molecule has 0 amide bonds. The number of benzene rings is 2. The number of hydrazine groups is 1. The molecule has 0 radical (unpaired) electrons. The first-order chi connectivity index (χ1) is 9.47. The molecule has 0 aromatic heterocycles. The number of nitrogens with one attached hydrogen (secondary N) is 2. The Labute approximate surface area is 120 Å². The summed E-state index contributed by atoms with van der Waals surface area (Å²) in [6, 6.07) is 15.7. The first-order valence-corrected chi connectivity index (χ1v) is 6.83. The second-order valence-corrected chi connectivity index (χ2v) is 5.94. The summed E-state index contributed by atoms with van der Waals surface area (Å²) in [4.78, 5) is 0. The molecule has 0 unspecified atom stereocenters. The van der Waals surface area contributed by atoms with E-state index in [0.717, 1.165) is 11.3 Å². The average molecular weight is 270 g/mol. The van der Waals surface area contributed by atoms with E-state index in [1.807, 2.05) is 36.4 Å². The number of aromatic hydroxyl groups is 1. The lowest BCUT2D eigenvalue weighted by Gasteiger charge is -2.20. The molecular formula is C17H22N2O. The van der Waals surface area contributed by atoms with Crippen LogP contribution in [0.4, 0.5) is 5.69 Å². The second kappa shape index (κ2) is 5.97. The highest BCUT2D eigenvalue weighted by Crippen LogP contribution is 2.27. The van der Waals surface area contributed by atoms with E-state index in [2.05, 4.69) is 37.7 Å². The minimum atomic E-state index is 0.0787. The van der Waals surface area contributed by atoms with Crippen LogP contribution in [0.1, 0.15) is 31.9 Å². The van der Waals surface area contributed by atoms with Crippen molar-refractivity contribution < 1.29 is 5.11 Å². The van der Waals surface area contributed by atoms with Crippen molar-refractivity contribution in [2.45, 2.75) is 32.7 Å². The molecule has 0 spiro atoms. The second-order valence-electron chi connectivity index (χ2n) is 5.94. The molecule has 0 atom stereocenters. The van der Waals surface area contributed by atoms with E-state index >= 15 is 0 Å². The van der Waals surface area contributed by atoms with Crippen LogP contribution in [0.15, 0.2) is 48.5 Å². The predicted molar refractivity (Wildman–Crippen MR) is 83.7 cm³/mol. The molecular weight excluding hydrogens is 248 g/mol. The summed E-state index contributed by atoms with van der Waals surface area (Å²) in [7, 11) is 0. The smallest absolute Gasteiger partial charge is 0.120 e. The van der Waals surface area contributed by atoms with E-state index < -0.39 is 0 Å². The van der Waals surface area contributed by atoms with Gasteiger partial charge in [0.25, 0.3) is 0 Å². The minimum Gasteiger partial charge on any atom is -0.508 e. The van der Waals surface area contributed by atoms with Gasteiger partial charge in [0.2, 0.25) is 0 Å². The van der Waals surface area contributed by atoms with Crippen LogP contribution in [-0.4, -0.2) is 5.11 Å². The maximum atomic E-state index is 9.93. The van der Waals surface area contributed by atoms with E-state index in [9.17, 15) is 5.11 Å². The molecule has 0 fully saturated rings. The van der Waals surface area contributed by atoms with Crippen LogP contribution >= 0.6 is 0 Å². The van der Waals surface area contributed by atoms with E-state index in [-0.39, 0.29) is 5.41 Å². The summed E-state index contributed by atoms with van der Waals surface area (Å²) in [5.41, 5.74) is 9.43. The summed E-state index contributed by atoms with van der Waals surface area (Å²) in [6.07, 6.45) is 0. The quantitative estimate of drug-likeness (QED) is 0.740. The van der Waals surface area contributed by atoms with Gasteiger partial charge in [-0.15, -0.1) is 0 Å². The molecule has 0 aliphatic heterocycles. The van der Waals surface area contributed by atoms with Gasteiger partial charge in [-0.05, 0) is 29.2 Å². The van der Waals surface area contributed by atoms with Crippen molar-refractivity contribution in [3.8, 4) is 5.75 Å². The maximum Gasteiger partial charge on any atom is 0.120 e. The molecule has 2 aromatic rings. The monoisotopic (exact) mass is 270 g/mol. The highest BCUT2D eigenvalue weighted by molar-refractivity contribution is 5.42. The van der Waals surface area contributed by atoms with Gasteiger partial charge in [-0.25, -0.2) is 5.43 Å². The van der Waals surface area contributed by atoms with Gasteiger partial charge in [0, 0.05) is 17.8 Å². The Bertz CT molecular complexity index is 559. The molecule has 2 aromatic carbocycles. The fourth-order valence-corrected chi connectivity index (χ4v) is 1.96. The number of anilines is 1. The standard InChI is InChI=1S/C17H22N2O/c1-17(2,3)14-9-10-16(20)13(11-14)12-18-19-15-7-5-4-6-8-15/h4-11,18-20H,12H2,1-3H3. The average Bonchev–Trinajstić information content (AvgIpc) is 2.41. The van der Waals surface area contributed by atoms with Gasteiger partial charge in [-0.3, -0.25) is 0 Å². The number of phenols is 1. The van der Waals surface area contributed by atoms with Gasteiger partial charge >= 0.3 is 0 Å². The van der Waals surface area contributed by atoms with Crippen molar-refractivity contribution in [1.82, 2.24) is 5.43 Å². The SMILES string of the molecule is CC(C)(C)c1ccc(O)c(CNNc2ccccc2)c1. The first-order valence-electron chi connectivity index (χ1n) is 6.83. The fraction of sp³-hybridized carbons (Fsp3) is 0.294. The van der Waals surface area contributed by atoms with Gasteiger partial charge in [0.05, 0.1) is 0 Å². The molecule has 0 aliphatic rings. The highest BCUT2D eigenvalue weighted by Gasteiger charge is 2.15. The summed E-state index contributed by atoms with van der Waals surface area (Å²) in [5.74, 6) is 0.320. The summed E-state index contributed by atoms with van der Waals surface area (Å²) < 4.78 is 0. The van der Waals surface area contributed by atoms with Gasteiger partial charge in [-0.1, -0.05) is 51.1 Å². The highest BCUT2D eigenvalue weighted by atomic mass is 16.3. The third-order valence-corrected chi connectivity index (χ3v) is 3.23. The largest absolute Gasteiger partial charge is 0.508 e. The first kappa shape index (κ1) is 14.4. The number of rotatable bonds is 4. The van der Waals surface area contributed by atoms with Gasteiger partial charge in [-0.2, -0.15) is 0 Å². The zero-order valence-corrected chi connectivity index (χ0v) is 12.3. The maximum absolute atomic E-state index is 9.93. The Morgan fingerprint density at radius 2 is 1.70 bits per heavy atom. The van der Waals surface area contributed by atoms with E-state index in [0.29, 0.717) is 12.3 Å². The van der Waals surface area contributed by atoms with Gasteiger partial charge in [0.15, 0.2) is 0 Å². The van der Waals surface area contributed by atoms with Crippen LogP contribution in [0.3, 0.4) is 0 Å². The van der Waals surface area contributed by atoms with Crippen molar-refractivity contribution in [2.24, 2.45) is 0 Å². The molecule has 3 N–H and O–H groups in total. The molecule has 0 saturated carbocycles. The van der Waals surface area contributed by atoms with Crippen LogP contribution in [0.5, 0.6) is 5.75 Å². The third-order valence-electron chi connectivity index (χ3n) is 3.23. The molecule has 0 heterocycles. The number of hydrogen-bond acceptors (Lipinski definition) is 3. The lowest BCUT2D eigenvalue weighted by molar-refractivity contribution is 0.464. The van der Waals surface area contributed by atoms with Crippen molar-refractivity contribution in [3.05, 3.63) is 59.7 Å². The fourth-order valence-electron chi connectivity index (χ4n) is 1.96. The Balaban J connectivity index is 2.02. The topological polar surface area (TPSA) is 44.3 Å². The minimum absolute atomic E-state index is 0.0787. The molecule has 3 heteroatoms. The molecule has 0 saturated heterocycles. The summed E-state index contributed by atoms with van der Waals surface area (Å²) in [5, 5.41) is 9.93. The lowest BCUT2D eigenvalue weighted by atomic mass is 9.86. The molecule has 0 bridgehead atoms. The Hall–Kier alpha value is -2.00. The molecule has 2 rings (SSSR count). The molecule has 20 heavy (non-hydrogen) atoms. The molecule has 0 aliphatic carbocycles. The van der Waals surface area contributed by atoms with Crippen LogP contribution in [0.2, 0.25) is 0 Å². The van der Waals surface area contributed by atoms with Crippen molar-refractivity contribution in [1.29, 1.82) is 0 Å². The predicted octanol–water partition coefficient (Wildman–Crippen LogP) is 3.81. The molecule has 3 nitrogen and oxygen atoms in total. The number of hydrogen-bond donors (Lipinski definition) is 3. The van der Waals surface area contributed by atoms with Crippen LogP contribution in [0, 0.1) is 0 Å². The Kier molecular flexibility index (Phi) is 4.30. The van der Waals surface area contributed by atoms with Crippen LogP contribution in [-0.2, 0) is 12.0 Å². The number of para-hydroxylation sites is 1. The van der Waals surface area contributed by atoms with Crippen LogP contribution in [0.25, 0.3) is 0 Å². The summed E-state index contributed by atoms with van der Waals surface area (Å²) >= 11 is 0. The van der Waals surface area contributed by atoms with E-state index in [1.54, 1.807) is 6.07 Å². The Morgan fingerprint density at radius 3 is 2.35 bits per heavy atom. The van der Waals surface area contributed by atoms with Crippen LogP contribution < -0.4 is 10.9 Å². The van der Waals surface area contributed by atoms with Gasteiger partial charge < -0.3 is 10.5 Å². The van der Waals surface area contributed by atoms with Crippen molar-refractivity contribution in [2.75, 3.05) is 5.43 Å². The summed E-state index contributed by atoms with van der Waals surface area (Å²) in [6.45, 7) is 7.06. The lowest BCUT2D eigenvalue weighted by Crippen LogP contribution is -2.21. The normalized spacial score (nSPS) is 11.3. The number of phenolic OH excluding ortho intramolecular Hbond substituents is 1.